The maximum Gasteiger partial charge on any atom is 0.151 e. The zero-order valence-electron chi connectivity index (χ0n) is 9.03. The lowest BCUT2D eigenvalue weighted by Crippen LogP contribution is -1.99. The third-order valence-corrected chi connectivity index (χ3v) is 2.98. The standard InChI is InChI=1S/C12H14N4/c1-2-6-14-12-10(3-1)11(15-16-12)9-4-7-13-8-5-9/h4-5,7-8H,1-3,6H2,(H2,14,15,16). The number of rotatable bonds is 1. The lowest BCUT2D eigenvalue weighted by molar-refractivity contribution is 0.783. The Morgan fingerprint density at radius 3 is 2.88 bits per heavy atom. The summed E-state index contributed by atoms with van der Waals surface area (Å²) in [4.78, 5) is 4.04. The van der Waals surface area contributed by atoms with E-state index in [0.717, 1.165) is 30.0 Å². The van der Waals surface area contributed by atoms with E-state index in [1.807, 2.05) is 24.5 Å². The molecular weight excluding hydrogens is 200 g/mol. The highest BCUT2D eigenvalue weighted by atomic mass is 15.2. The van der Waals surface area contributed by atoms with Crippen molar-refractivity contribution in [3.05, 3.63) is 30.1 Å². The highest BCUT2D eigenvalue weighted by molar-refractivity contribution is 5.68. The van der Waals surface area contributed by atoms with Gasteiger partial charge in [-0.3, -0.25) is 10.1 Å². The first-order valence-corrected chi connectivity index (χ1v) is 5.66. The number of hydrogen-bond acceptors (Lipinski definition) is 3. The van der Waals surface area contributed by atoms with Crippen LogP contribution in [0.2, 0.25) is 0 Å². The van der Waals surface area contributed by atoms with Gasteiger partial charge in [0.1, 0.15) is 0 Å². The van der Waals surface area contributed by atoms with Gasteiger partial charge in [0.25, 0.3) is 0 Å². The van der Waals surface area contributed by atoms with E-state index >= 15 is 0 Å². The number of aromatic amines is 1. The number of nitrogens with one attached hydrogen (secondary N) is 2. The Bertz CT molecular complexity index is 475. The predicted molar refractivity (Wildman–Crippen MR) is 63.2 cm³/mol. The highest BCUT2D eigenvalue weighted by Gasteiger charge is 2.16. The summed E-state index contributed by atoms with van der Waals surface area (Å²) in [5.41, 5.74) is 3.60. The second kappa shape index (κ2) is 3.96. The topological polar surface area (TPSA) is 53.6 Å². The third-order valence-electron chi connectivity index (χ3n) is 2.98. The Morgan fingerprint density at radius 2 is 2.00 bits per heavy atom. The van der Waals surface area contributed by atoms with Crippen LogP contribution in [-0.2, 0) is 6.42 Å². The fraction of sp³-hybridized carbons (Fsp3) is 0.333. The van der Waals surface area contributed by atoms with E-state index in [0.29, 0.717) is 0 Å². The number of nitrogens with zero attached hydrogens (tertiary/aromatic N) is 2. The van der Waals surface area contributed by atoms with E-state index in [1.165, 1.54) is 18.4 Å². The second-order valence-electron chi connectivity index (χ2n) is 4.05. The molecule has 1 aliphatic heterocycles. The van der Waals surface area contributed by atoms with Gasteiger partial charge < -0.3 is 5.32 Å². The van der Waals surface area contributed by atoms with Crippen LogP contribution in [0.25, 0.3) is 11.3 Å². The van der Waals surface area contributed by atoms with E-state index in [1.54, 1.807) is 0 Å². The summed E-state index contributed by atoms with van der Waals surface area (Å²) in [5.74, 6) is 1.02. The van der Waals surface area contributed by atoms with Crippen molar-refractivity contribution in [2.45, 2.75) is 19.3 Å². The average molecular weight is 214 g/mol. The zero-order chi connectivity index (χ0) is 10.8. The Kier molecular flexibility index (Phi) is 2.33. The van der Waals surface area contributed by atoms with E-state index in [4.69, 9.17) is 0 Å². The third kappa shape index (κ3) is 1.56. The van der Waals surface area contributed by atoms with E-state index < -0.39 is 0 Å². The Labute approximate surface area is 94.1 Å². The minimum absolute atomic E-state index is 1.02. The molecule has 4 nitrogen and oxygen atoms in total. The minimum atomic E-state index is 1.02. The number of fused-ring (bicyclic) bond motifs is 1. The van der Waals surface area contributed by atoms with Gasteiger partial charge in [-0.15, -0.1) is 0 Å². The average Bonchev–Trinajstić information content (AvgIpc) is 2.60. The molecule has 0 spiro atoms. The summed E-state index contributed by atoms with van der Waals surface area (Å²) in [6.07, 6.45) is 7.15. The first kappa shape index (κ1) is 9.39. The first-order chi connectivity index (χ1) is 7.95. The van der Waals surface area contributed by atoms with E-state index in [-0.39, 0.29) is 0 Å². The smallest absolute Gasteiger partial charge is 0.151 e. The molecule has 16 heavy (non-hydrogen) atoms. The molecule has 0 radical (unpaired) electrons. The molecule has 1 aliphatic rings. The summed E-state index contributed by atoms with van der Waals surface area (Å²) in [6.45, 7) is 1.02. The molecule has 4 heteroatoms. The molecule has 2 N–H and O–H groups in total. The van der Waals surface area contributed by atoms with Crippen LogP contribution in [0, 0.1) is 0 Å². The van der Waals surface area contributed by atoms with Crippen LogP contribution in [-0.4, -0.2) is 21.7 Å². The minimum Gasteiger partial charge on any atom is -0.368 e. The molecule has 0 saturated heterocycles. The van der Waals surface area contributed by atoms with Crippen molar-refractivity contribution in [2.24, 2.45) is 0 Å². The molecule has 2 aromatic heterocycles. The quantitative estimate of drug-likeness (QED) is 0.765. The fourth-order valence-corrected chi connectivity index (χ4v) is 2.15. The SMILES string of the molecule is c1cc(-c2[nH]nc3c2CCCCN3)ccn1. The summed E-state index contributed by atoms with van der Waals surface area (Å²) >= 11 is 0. The van der Waals surface area contributed by atoms with Gasteiger partial charge in [0.2, 0.25) is 0 Å². The summed E-state index contributed by atoms with van der Waals surface area (Å²) in [6, 6.07) is 4.03. The first-order valence-electron chi connectivity index (χ1n) is 5.66. The summed E-state index contributed by atoms with van der Waals surface area (Å²) in [7, 11) is 0. The molecule has 82 valence electrons. The van der Waals surface area contributed by atoms with Crippen molar-refractivity contribution in [2.75, 3.05) is 11.9 Å². The molecule has 3 heterocycles. The lowest BCUT2D eigenvalue weighted by atomic mass is 10.0. The van der Waals surface area contributed by atoms with Gasteiger partial charge in [0, 0.05) is 30.1 Å². The number of aromatic nitrogens is 3. The van der Waals surface area contributed by atoms with Gasteiger partial charge in [0.15, 0.2) is 5.82 Å². The zero-order valence-corrected chi connectivity index (χ0v) is 9.03. The Balaban J connectivity index is 2.06. The summed E-state index contributed by atoms with van der Waals surface area (Å²) in [5, 5.41) is 10.8. The lowest BCUT2D eigenvalue weighted by Gasteiger charge is -2.02. The van der Waals surface area contributed by atoms with E-state index in [9.17, 15) is 0 Å². The van der Waals surface area contributed by atoms with Gasteiger partial charge in [-0.25, -0.2) is 0 Å². The van der Waals surface area contributed by atoms with Crippen molar-refractivity contribution in [3.8, 4) is 11.3 Å². The van der Waals surface area contributed by atoms with Gasteiger partial charge in [-0.2, -0.15) is 5.10 Å². The van der Waals surface area contributed by atoms with Crippen LogP contribution in [0.3, 0.4) is 0 Å². The maximum atomic E-state index is 4.34. The van der Waals surface area contributed by atoms with Crippen molar-refractivity contribution in [1.29, 1.82) is 0 Å². The van der Waals surface area contributed by atoms with Crippen LogP contribution in [0.1, 0.15) is 18.4 Å². The van der Waals surface area contributed by atoms with Crippen molar-refractivity contribution >= 4 is 5.82 Å². The molecule has 0 unspecified atom stereocenters. The largest absolute Gasteiger partial charge is 0.368 e. The predicted octanol–water partition coefficient (Wildman–Crippen LogP) is 2.22. The molecule has 0 aromatic carbocycles. The summed E-state index contributed by atoms with van der Waals surface area (Å²) < 4.78 is 0. The van der Waals surface area contributed by atoms with Gasteiger partial charge in [-0.1, -0.05) is 0 Å². The number of hydrogen-bond donors (Lipinski definition) is 2. The fourth-order valence-electron chi connectivity index (χ4n) is 2.15. The molecule has 3 rings (SSSR count). The molecule has 2 aromatic rings. The van der Waals surface area contributed by atoms with Crippen LogP contribution < -0.4 is 5.32 Å². The van der Waals surface area contributed by atoms with Crippen LogP contribution in [0.4, 0.5) is 5.82 Å². The van der Waals surface area contributed by atoms with Gasteiger partial charge in [-0.05, 0) is 31.4 Å². The molecular formula is C12H14N4. The molecule has 0 saturated carbocycles. The van der Waals surface area contributed by atoms with Crippen molar-refractivity contribution in [1.82, 2.24) is 15.2 Å². The van der Waals surface area contributed by atoms with Crippen LogP contribution in [0.5, 0.6) is 0 Å². The monoisotopic (exact) mass is 214 g/mol. The maximum absolute atomic E-state index is 4.34. The molecule has 0 fully saturated rings. The molecule has 0 aliphatic carbocycles. The second-order valence-corrected chi connectivity index (χ2v) is 4.05. The van der Waals surface area contributed by atoms with Gasteiger partial charge >= 0.3 is 0 Å². The highest BCUT2D eigenvalue weighted by Crippen LogP contribution is 2.29. The van der Waals surface area contributed by atoms with Crippen LogP contribution >= 0.6 is 0 Å². The Morgan fingerprint density at radius 1 is 1.12 bits per heavy atom. The van der Waals surface area contributed by atoms with Crippen molar-refractivity contribution in [3.63, 3.8) is 0 Å². The molecule has 0 amide bonds. The Hall–Kier alpha value is -1.84. The van der Waals surface area contributed by atoms with Crippen molar-refractivity contribution < 1.29 is 0 Å². The van der Waals surface area contributed by atoms with Crippen LogP contribution in [0.15, 0.2) is 24.5 Å². The van der Waals surface area contributed by atoms with Gasteiger partial charge in [0.05, 0.1) is 5.69 Å². The molecule has 0 atom stereocenters. The normalized spacial score (nSPS) is 15.0. The van der Waals surface area contributed by atoms with E-state index in [2.05, 4.69) is 20.5 Å². The number of pyridine rings is 1. The number of anilines is 1. The number of H-pyrrole nitrogens is 1. The molecule has 0 bridgehead atoms.